The Morgan fingerprint density at radius 2 is 2.06 bits per heavy atom. The zero-order chi connectivity index (χ0) is 11.5. The van der Waals surface area contributed by atoms with E-state index in [1.54, 1.807) is 0 Å². The second-order valence-corrected chi connectivity index (χ2v) is 5.40. The van der Waals surface area contributed by atoms with Gasteiger partial charge in [-0.25, -0.2) is 4.98 Å². The maximum Gasteiger partial charge on any atom is 0.0949 e. The molecule has 1 fully saturated rings. The van der Waals surface area contributed by atoms with E-state index in [9.17, 15) is 0 Å². The van der Waals surface area contributed by atoms with Gasteiger partial charge >= 0.3 is 0 Å². The van der Waals surface area contributed by atoms with Crippen LogP contribution in [0.1, 0.15) is 38.3 Å². The van der Waals surface area contributed by atoms with E-state index in [0.29, 0.717) is 5.92 Å². The van der Waals surface area contributed by atoms with E-state index in [1.165, 1.54) is 31.6 Å². The Balaban J connectivity index is 1.88. The molecule has 0 amide bonds. The Morgan fingerprint density at radius 3 is 2.62 bits per heavy atom. The molecule has 1 aliphatic heterocycles. The predicted octanol–water partition coefficient (Wildman–Crippen LogP) is 2.35. The van der Waals surface area contributed by atoms with Crippen LogP contribution in [0.15, 0.2) is 12.5 Å². The number of aromatic nitrogens is 2. The van der Waals surface area contributed by atoms with Gasteiger partial charge in [-0.2, -0.15) is 0 Å². The quantitative estimate of drug-likeness (QED) is 0.781. The van der Waals surface area contributed by atoms with Crippen LogP contribution in [-0.2, 0) is 6.54 Å². The molecule has 0 radical (unpaired) electrons. The molecule has 3 nitrogen and oxygen atoms in total. The molecule has 1 aliphatic rings. The van der Waals surface area contributed by atoms with E-state index in [0.717, 1.165) is 12.5 Å². The van der Waals surface area contributed by atoms with E-state index in [2.05, 4.69) is 41.5 Å². The number of rotatable bonds is 3. The van der Waals surface area contributed by atoms with Crippen molar-refractivity contribution in [1.29, 1.82) is 0 Å². The Kier molecular flexibility index (Phi) is 3.64. The molecule has 2 heterocycles. The molecule has 1 saturated heterocycles. The summed E-state index contributed by atoms with van der Waals surface area (Å²) in [5, 5.41) is 0. The summed E-state index contributed by atoms with van der Waals surface area (Å²) in [4.78, 5) is 6.87. The molecule has 3 heteroatoms. The second kappa shape index (κ2) is 5.00. The summed E-state index contributed by atoms with van der Waals surface area (Å²) in [5.74, 6) is 1.38. The van der Waals surface area contributed by atoms with Crippen LogP contribution < -0.4 is 0 Å². The van der Waals surface area contributed by atoms with Crippen molar-refractivity contribution in [1.82, 2.24) is 14.5 Å². The summed E-state index contributed by atoms with van der Waals surface area (Å²) < 4.78 is 2.27. The molecule has 0 spiro atoms. The SMILES string of the molecule is CC(C)c1cn(CC2CCN(C)CC2)cn1. The van der Waals surface area contributed by atoms with Gasteiger partial charge in [0.15, 0.2) is 0 Å². The second-order valence-electron chi connectivity index (χ2n) is 5.40. The first-order valence-electron chi connectivity index (χ1n) is 6.35. The number of piperidine rings is 1. The van der Waals surface area contributed by atoms with Gasteiger partial charge in [0, 0.05) is 12.7 Å². The maximum atomic E-state index is 4.45. The van der Waals surface area contributed by atoms with Crippen molar-refractivity contribution in [2.75, 3.05) is 20.1 Å². The number of likely N-dealkylation sites (tertiary alicyclic amines) is 1. The van der Waals surface area contributed by atoms with Gasteiger partial charge in [0.2, 0.25) is 0 Å². The van der Waals surface area contributed by atoms with E-state index >= 15 is 0 Å². The average Bonchev–Trinajstić information content (AvgIpc) is 2.70. The number of nitrogens with zero attached hydrogens (tertiary/aromatic N) is 3. The summed E-state index contributed by atoms with van der Waals surface area (Å²) >= 11 is 0. The monoisotopic (exact) mass is 221 g/mol. The van der Waals surface area contributed by atoms with Crippen LogP contribution in [0.3, 0.4) is 0 Å². The topological polar surface area (TPSA) is 21.1 Å². The number of hydrogen-bond acceptors (Lipinski definition) is 2. The van der Waals surface area contributed by atoms with Crippen LogP contribution in [-0.4, -0.2) is 34.6 Å². The van der Waals surface area contributed by atoms with Crippen LogP contribution in [0, 0.1) is 5.92 Å². The van der Waals surface area contributed by atoms with Crippen molar-refractivity contribution in [3.05, 3.63) is 18.2 Å². The lowest BCUT2D eigenvalue weighted by molar-refractivity contribution is 0.205. The summed E-state index contributed by atoms with van der Waals surface area (Å²) in [6.07, 6.45) is 6.86. The first-order valence-corrected chi connectivity index (χ1v) is 6.35. The standard InChI is InChI=1S/C13H23N3/c1-11(2)13-9-16(10-14-13)8-12-4-6-15(3)7-5-12/h9-12H,4-8H2,1-3H3. The lowest BCUT2D eigenvalue weighted by atomic mass is 9.97. The molecule has 0 bridgehead atoms. The number of hydrogen-bond donors (Lipinski definition) is 0. The van der Waals surface area contributed by atoms with Crippen molar-refractivity contribution >= 4 is 0 Å². The first-order chi connectivity index (χ1) is 7.65. The van der Waals surface area contributed by atoms with E-state index < -0.39 is 0 Å². The number of imidazole rings is 1. The van der Waals surface area contributed by atoms with Crippen LogP contribution in [0.5, 0.6) is 0 Å². The van der Waals surface area contributed by atoms with Crippen molar-refractivity contribution < 1.29 is 0 Å². The Bertz CT molecular complexity index is 322. The summed E-state index contributed by atoms with van der Waals surface area (Å²) in [5.41, 5.74) is 1.22. The Morgan fingerprint density at radius 1 is 1.38 bits per heavy atom. The highest BCUT2D eigenvalue weighted by atomic mass is 15.1. The molecule has 0 aliphatic carbocycles. The molecule has 0 unspecified atom stereocenters. The zero-order valence-electron chi connectivity index (χ0n) is 10.7. The summed E-state index contributed by atoms with van der Waals surface area (Å²) in [6.45, 7) is 8.03. The molecule has 0 aromatic carbocycles. The van der Waals surface area contributed by atoms with Gasteiger partial charge in [0.05, 0.1) is 12.0 Å². The third-order valence-corrected chi connectivity index (χ3v) is 3.55. The molecular weight excluding hydrogens is 198 g/mol. The van der Waals surface area contributed by atoms with Gasteiger partial charge in [0.25, 0.3) is 0 Å². The lowest BCUT2D eigenvalue weighted by Crippen LogP contribution is -2.31. The molecule has 0 atom stereocenters. The fourth-order valence-electron chi connectivity index (χ4n) is 2.32. The smallest absolute Gasteiger partial charge is 0.0949 e. The molecule has 2 rings (SSSR count). The fraction of sp³-hybridized carbons (Fsp3) is 0.769. The fourth-order valence-corrected chi connectivity index (χ4v) is 2.32. The van der Waals surface area contributed by atoms with Gasteiger partial charge in [-0.3, -0.25) is 0 Å². The lowest BCUT2D eigenvalue weighted by Gasteiger charge is -2.28. The van der Waals surface area contributed by atoms with Crippen molar-refractivity contribution in [2.45, 2.75) is 39.2 Å². The summed E-state index contributed by atoms with van der Waals surface area (Å²) in [6, 6.07) is 0. The van der Waals surface area contributed by atoms with Gasteiger partial charge in [-0.1, -0.05) is 13.8 Å². The predicted molar refractivity (Wildman–Crippen MR) is 66.5 cm³/mol. The van der Waals surface area contributed by atoms with Crippen LogP contribution in [0.25, 0.3) is 0 Å². The van der Waals surface area contributed by atoms with Gasteiger partial charge in [0.1, 0.15) is 0 Å². The van der Waals surface area contributed by atoms with E-state index in [4.69, 9.17) is 0 Å². The van der Waals surface area contributed by atoms with Crippen LogP contribution >= 0.6 is 0 Å². The van der Waals surface area contributed by atoms with Crippen LogP contribution in [0.2, 0.25) is 0 Å². The molecular formula is C13H23N3. The molecule has 1 aromatic heterocycles. The molecule has 90 valence electrons. The normalized spacial score (nSPS) is 19.5. The van der Waals surface area contributed by atoms with Gasteiger partial charge in [-0.15, -0.1) is 0 Å². The third kappa shape index (κ3) is 2.85. The Labute approximate surface area is 98.5 Å². The maximum absolute atomic E-state index is 4.45. The minimum Gasteiger partial charge on any atom is -0.337 e. The Hall–Kier alpha value is -0.830. The molecule has 0 N–H and O–H groups in total. The van der Waals surface area contributed by atoms with E-state index in [1.807, 2.05) is 6.33 Å². The first kappa shape index (κ1) is 11.6. The highest BCUT2D eigenvalue weighted by molar-refractivity contribution is 5.01. The molecule has 16 heavy (non-hydrogen) atoms. The minimum absolute atomic E-state index is 0.540. The van der Waals surface area contributed by atoms with Gasteiger partial charge < -0.3 is 9.47 Å². The zero-order valence-corrected chi connectivity index (χ0v) is 10.7. The largest absolute Gasteiger partial charge is 0.337 e. The third-order valence-electron chi connectivity index (χ3n) is 3.55. The highest BCUT2D eigenvalue weighted by Gasteiger charge is 2.17. The van der Waals surface area contributed by atoms with E-state index in [-0.39, 0.29) is 0 Å². The minimum atomic E-state index is 0.540. The molecule has 1 aromatic rings. The van der Waals surface area contributed by atoms with Crippen molar-refractivity contribution in [2.24, 2.45) is 5.92 Å². The van der Waals surface area contributed by atoms with Crippen LogP contribution in [0.4, 0.5) is 0 Å². The average molecular weight is 221 g/mol. The molecule has 0 saturated carbocycles. The van der Waals surface area contributed by atoms with Crippen molar-refractivity contribution in [3.8, 4) is 0 Å². The van der Waals surface area contributed by atoms with Crippen molar-refractivity contribution in [3.63, 3.8) is 0 Å². The van der Waals surface area contributed by atoms with Gasteiger partial charge in [-0.05, 0) is 44.8 Å². The summed E-state index contributed by atoms with van der Waals surface area (Å²) in [7, 11) is 2.21. The highest BCUT2D eigenvalue weighted by Crippen LogP contribution is 2.19.